The monoisotopic (exact) mass is 265 g/mol. The highest BCUT2D eigenvalue weighted by Gasteiger charge is 2.20. The van der Waals surface area contributed by atoms with Gasteiger partial charge in [-0.15, -0.1) is 0 Å². The maximum atomic E-state index is 5.83. The highest BCUT2D eigenvalue weighted by atomic mass is 16.7. The van der Waals surface area contributed by atoms with Gasteiger partial charge in [0.2, 0.25) is 12.7 Å². The first-order valence-corrected chi connectivity index (χ1v) is 6.32. The molecule has 4 heteroatoms. The molecule has 98 valence electrons. The molecule has 20 heavy (non-hydrogen) atoms. The largest absolute Gasteiger partial charge is 0.454 e. The van der Waals surface area contributed by atoms with Crippen LogP contribution in [0.25, 0.3) is 22.8 Å². The van der Waals surface area contributed by atoms with Gasteiger partial charge in [-0.1, -0.05) is 24.3 Å². The molecule has 0 saturated carbocycles. The standard InChI is InChI=1S/C16H11NO3/c1-2-5-11(6-3-1)16-17-9-14(20-16)12-7-4-8-13-15(12)19-10-18-13/h1-9H,10H2. The molecule has 1 aliphatic heterocycles. The van der Waals surface area contributed by atoms with E-state index in [1.54, 1.807) is 6.20 Å². The van der Waals surface area contributed by atoms with E-state index in [2.05, 4.69) is 4.98 Å². The Morgan fingerprint density at radius 3 is 2.70 bits per heavy atom. The Kier molecular flexibility index (Phi) is 2.45. The molecule has 4 nitrogen and oxygen atoms in total. The van der Waals surface area contributed by atoms with Crippen LogP contribution < -0.4 is 9.47 Å². The predicted octanol–water partition coefficient (Wildman–Crippen LogP) is 3.74. The van der Waals surface area contributed by atoms with Crippen molar-refractivity contribution < 1.29 is 13.9 Å². The Hall–Kier alpha value is -2.75. The molecule has 0 saturated heterocycles. The van der Waals surface area contributed by atoms with Crippen LogP contribution in [0.1, 0.15) is 0 Å². The molecule has 0 radical (unpaired) electrons. The van der Waals surface area contributed by atoms with Crippen molar-refractivity contribution in [3.05, 3.63) is 54.7 Å². The summed E-state index contributed by atoms with van der Waals surface area (Å²) < 4.78 is 16.7. The zero-order valence-electron chi connectivity index (χ0n) is 10.6. The van der Waals surface area contributed by atoms with Gasteiger partial charge in [-0.25, -0.2) is 4.98 Å². The van der Waals surface area contributed by atoms with E-state index in [1.165, 1.54) is 0 Å². The molecule has 3 aromatic rings. The molecule has 0 fully saturated rings. The highest BCUT2D eigenvalue weighted by molar-refractivity contribution is 5.71. The topological polar surface area (TPSA) is 44.5 Å². The molecular formula is C16H11NO3. The maximum Gasteiger partial charge on any atom is 0.231 e. The lowest BCUT2D eigenvalue weighted by molar-refractivity contribution is 0.174. The quantitative estimate of drug-likeness (QED) is 0.708. The van der Waals surface area contributed by atoms with Crippen molar-refractivity contribution in [2.45, 2.75) is 0 Å². The second-order valence-corrected chi connectivity index (χ2v) is 4.44. The summed E-state index contributed by atoms with van der Waals surface area (Å²) in [5.74, 6) is 2.71. The van der Waals surface area contributed by atoms with E-state index in [-0.39, 0.29) is 6.79 Å². The summed E-state index contributed by atoms with van der Waals surface area (Å²) in [6.07, 6.45) is 1.71. The van der Waals surface area contributed by atoms with Gasteiger partial charge < -0.3 is 13.9 Å². The van der Waals surface area contributed by atoms with Crippen molar-refractivity contribution in [3.63, 3.8) is 0 Å². The van der Waals surface area contributed by atoms with Crippen LogP contribution in [0.5, 0.6) is 11.5 Å². The molecule has 2 aromatic carbocycles. The molecular weight excluding hydrogens is 254 g/mol. The molecule has 1 aromatic heterocycles. The minimum absolute atomic E-state index is 0.242. The van der Waals surface area contributed by atoms with Gasteiger partial charge >= 0.3 is 0 Å². The second kappa shape index (κ2) is 4.42. The average Bonchev–Trinajstić information content (AvgIpc) is 3.17. The Labute approximate surface area is 115 Å². The summed E-state index contributed by atoms with van der Waals surface area (Å²) >= 11 is 0. The summed E-state index contributed by atoms with van der Waals surface area (Å²) in [7, 11) is 0. The number of nitrogens with zero attached hydrogens (tertiary/aromatic N) is 1. The Morgan fingerprint density at radius 2 is 1.80 bits per heavy atom. The van der Waals surface area contributed by atoms with E-state index in [0.29, 0.717) is 17.4 Å². The third kappa shape index (κ3) is 1.73. The van der Waals surface area contributed by atoms with Gasteiger partial charge in [0.15, 0.2) is 17.3 Å². The first-order chi connectivity index (χ1) is 9.92. The predicted molar refractivity (Wildman–Crippen MR) is 73.5 cm³/mol. The zero-order valence-corrected chi connectivity index (χ0v) is 10.6. The van der Waals surface area contributed by atoms with Crippen LogP contribution in [0, 0.1) is 0 Å². The minimum atomic E-state index is 0.242. The van der Waals surface area contributed by atoms with Crippen molar-refractivity contribution in [1.29, 1.82) is 0 Å². The summed E-state index contributed by atoms with van der Waals surface area (Å²) in [4.78, 5) is 4.33. The number of rotatable bonds is 2. The van der Waals surface area contributed by atoms with Crippen LogP contribution >= 0.6 is 0 Å². The summed E-state index contributed by atoms with van der Waals surface area (Å²) in [5, 5.41) is 0. The van der Waals surface area contributed by atoms with Crippen LogP contribution in [-0.2, 0) is 0 Å². The normalized spacial score (nSPS) is 12.6. The fourth-order valence-corrected chi connectivity index (χ4v) is 2.24. The van der Waals surface area contributed by atoms with Crippen LogP contribution in [0.3, 0.4) is 0 Å². The van der Waals surface area contributed by atoms with Crippen molar-refractivity contribution in [2.24, 2.45) is 0 Å². The number of para-hydroxylation sites is 1. The Balaban J connectivity index is 1.78. The first kappa shape index (κ1) is 11.1. The highest BCUT2D eigenvalue weighted by Crippen LogP contribution is 2.41. The SMILES string of the molecule is c1ccc(-c2ncc(-c3cccc4c3OCO4)o2)cc1. The lowest BCUT2D eigenvalue weighted by Gasteiger charge is -2.01. The van der Waals surface area contributed by atoms with Crippen LogP contribution in [0.15, 0.2) is 59.1 Å². The van der Waals surface area contributed by atoms with Gasteiger partial charge in [-0.2, -0.15) is 0 Å². The van der Waals surface area contributed by atoms with Gasteiger partial charge in [-0.3, -0.25) is 0 Å². The molecule has 0 unspecified atom stereocenters. The molecule has 4 rings (SSSR count). The zero-order chi connectivity index (χ0) is 13.4. The van der Waals surface area contributed by atoms with E-state index in [1.807, 2.05) is 48.5 Å². The summed E-state index contributed by atoms with van der Waals surface area (Å²) in [6, 6.07) is 15.5. The molecule has 1 aliphatic rings. The Bertz CT molecular complexity index is 749. The number of hydrogen-bond acceptors (Lipinski definition) is 4. The fourth-order valence-electron chi connectivity index (χ4n) is 2.24. The van der Waals surface area contributed by atoms with Crippen molar-refractivity contribution in [1.82, 2.24) is 4.98 Å². The second-order valence-electron chi connectivity index (χ2n) is 4.44. The van der Waals surface area contributed by atoms with Gasteiger partial charge in [-0.05, 0) is 24.3 Å². The lowest BCUT2D eigenvalue weighted by atomic mass is 10.1. The van der Waals surface area contributed by atoms with Gasteiger partial charge in [0.25, 0.3) is 0 Å². The Morgan fingerprint density at radius 1 is 0.900 bits per heavy atom. The van der Waals surface area contributed by atoms with Crippen LogP contribution in [-0.4, -0.2) is 11.8 Å². The number of aromatic nitrogens is 1. The van der Waals surface area contributed by atoms with E-state index in [4.69, 9.17) is 13.9 Å². The molecule has 0 aliphatic carbocycles. The first-order valence-electron chi connectivity index (χ1n) is 6.32. The number of oxazole rings is 1. The van der Waals surface area contributed by atoms with Crippen molar-refractivity contribution >= 4 is 0 Å². The minimum Gasteiger partial charge on any atom is -0.454 e. The summed E-state index contributed by atoms with van der Waals surface area (Å²) in [6.45, 7) is 0.242. The van der Waals surface area contributed by atoms with Crippen molar-refractivity contribution in [2.75, 3.05) is 6.79 Å². The van der Waals surface area contributed by atoms with Crippen molar-refractivity contribution in [3.8, 4) is 34.3 Å². The molecule has 0 atom stereocenters. The average molecular weight is 265 g/mol. The smallest absolute Gasteiger partial charge is 0.231 e. The summed E-state index contributed by atoms with van der Waals surface area (Å²) in [5.41, 5.74) is 1.80. The maximum absolute atomic E-state index is 5.83. The number of ether oxygens (including phenoxy) is 2. The van der Waals surface area contributed by atoms with Gasteiger partial charge in [0.1, 0.15) is 0 Å². The molecule has 0 spiro atoms. The number of hydrogen-bond donors (Lipinski definition) is 0. The lowest BCUT2D eigenvalue weighted by Crippen LogP contribution is -1.93. The number of fused-ring (bicyclic) bond motifs is 1. The van der Waals surface area contributed by atoms with E-state index >= 15 is 0 Å². The van der Waals surface area contributed by atoms with E-state index in [0.717, 1.165) is 16.9 Å². The molecule has 0 N–H and O–H groups in total. The third-order valence-electron chi connectivity index (χ3n) is 3.19. The van der Waals surface area contributed by atoms with Gasteiger partial charge in [0, 0.05) is 5.56 Å². The van der Waals surface area contributed by atoms with Gasteiger partial charge in [0.05, 0.1) is 11.8 Å². The van der Waals surface area contributed by atoms with Crippen LogP contribution in [0.4, 0.5) is 0 Å². The fraction of sp³-hybridized carbons (Fsp3) is 0.0625. The molecule has 0 bridgehead atoms. The van der Waals surface area contributed by atoms with Crippen LogP contribution in [0.2, 0.25) is 0 Å². The van der Waals surface area contributed by atoms with E-state index < -0.39 is 0 Å². The van der Waals surface area contributed by atoms with E-state index in [9.17, 15) is 0 Å². The molecule has 0 amide bonds. The molecule has 2 heterocycles. The number of benzene rings is 2. The third-order valence-corrected chi connectivity index (χ3v) is 3.19.